The first-order valence-electron chi connectivity index (χ1n) is 8.73. The molecule has 1 fully saturated rings. The second-order valence-electron chi connectivity index (χ2n) is 6.27. The fourth-order valence-corrected chi connectivity index (χ4v) is 3.79. The predicted octanol–water partition coefficient (Wildman–Crippen LogP) is 5.86. The topological polar surface area (TPSA) is 46.6 Å². The number of nitrogens with zero attached hydrogens (tertiary/aromatic N) is 1. The molecular weight excluding hydrogens is 426 g/mol. The molecule has 0 aliphatic carbocycles. The van der Waals surface area contributed by atoms with Crippen LogP contribution in [0.5, 0.6) is 5.75 Å². The lowest BCUT2D eigenvalue weighted by molar-refractivity contribution is -0.123. The van der Waals surface area contributed by atoms with Gasteiger partial charge in [-0.1, -0.05) is 53.2 Å². The molecule has 0 saturated carbocycles. The van der Waals surface area contributed by atoms with Crippen molar-refractivity contribution in [2.75, 3.05) is 0 Å². The van der Waals surface area contributed by atoms with Gasteiger partial charge in [-0.25, -0.2) is 0 Å². The van der Waals surface area contributed by atoms with Gasteiger partial charge in [0, 0.05) is 4.47 Å². The molecule has 1 atom stereocenters. The van der Waals surface area contributed by atoms with Gasteiger partial charge >= 0.3 is 0 Å². The Morgan fingerprint density at radius 1 is 1.15 bits per heavy atom. The highest BCUT2D eigenvalue weighted by Crippen LogP contribution is 2.34. The minimum atomic E-state index is -0.263. The molecular formula is C21H20BrNO3S. The van der Waals surface area contributed by atoms with Gasteiger partial charge in [-0.15, -0.1) is 0 Å². The predicted molar refractivity (Wildman–Crippen MR) is 112 cm³/mol. The highest BCUT2D eigenvalue weighted by Gasteiger charge is 2.35. The Kier molecular flexibility index (Phi) is 6.39. The Bertz CT molecular complexity index is 879. The fraction of sp³-hybridized carbons (Fsp3) is 0.238. The van der Waals surface area contributed by atoms with E-state index in [1.54, 1.807) is 6.08 Å². The Morgan fingerprint density at radius 3 is 2.52 bits per heavy atom. The number of hydrogen-bond donors (Lipinski definition) is 0. The quantitative estimate of drug-likeness (QED) is 0.522. The number of ether oxygens (including phenoxy) is 1. The van der Waals surface area contributed by atoms with E-state index in [-0.39, 0.29) is 23.8 Å². The lowest BCUT2D eigenvalue weighted by atomic mass is 10.2. The van der Waals surface area contributed by atoms with Crippen molar-refractivity contribution in [3.63, 3.8) is 0 Å². The Balaban J connectivity index is 1.73. The van der Waals surface area contributed by atoms with E-state index in [1.165, 1.54) is 4.90 Å². The third-order valence-electron chi connectivity index (χ3n) is 4.25. The van der Waals surface area contributed by atoms with Gasteiger partial charge in [0.05, 0.1) is 17.6 Å². The Morgan fingerprint density at radius 2 is 1.85 bits per heavy atom. The molecule has 27 heavy (non-hydrogen) atoms. The van der Waals surface area contributed by atoms with Crippen LogP contribution in [0.3, 0.4) is 0 Å². The summed E-state index contributed by atoms with van der Waals surface area (Å²) in [5.74, 6) is 0.532. The van der Waals surface area contributed by atoms with E-state index < -0.39 is 0 Å². The van der Waals surface area contributed by atoms with Crippen LogP contribution in [0, 0.1) is 0 Å². The van der Waals surface area contributed by atoms with Gasteiger partial charge < -0.3 is 4.74 Å². The van der Waals surface area contributed by atoms with Gasteiger partial charge in [0.2, 0.25) is 0 Å². The monoisotopic (exact) mass is 445 g/mol. The molecule has 1 aliphatic rings. The number of thioether (sulfide) groups is 1. The first-order valence-corrected chi connectivity index (χ1v) is 10.3. The van der Waals surface area contributed by atoms with Gasteiger partial charge in [-0.2, -0.15) is 0 Å². The van der Waals surface area contributed by atoms with Gasteiger partial charge in [0.15, 0.2) is 0 Å². The molecule has 1 aliphatic heterocycles. The van der Waals surface area contributed by atoms with Crippen molar-refractivity contribution in [2.24, 2.45) is 0 Å². The van der Waals surface area contributed by atoms with E-state index in [0.717, 1.165) is 39.5 Å². The zero-order valence-electron chi connectivity index (χ0n) is 15.1. The summed E-state index contributed by atoms with van der Waals surface area (Å²) in [5, 5.41) is -0.251. The van der Waals surface area contributed by atoms with E-state index in [4.69, 9.17) is 4.74 Å². The summed E-state index contributed by atoms with van der Waals surface area (Å²) in [4.78, 5) is 26.7. The van der Waals surface area contributed by atoms with Crippen molar-refractivity contribution < 1.29 is 14.3 Å². The summed E-state index contributed by atoms with van der Waals surface area (Å²) < 4.78 is 6.64. The molecule has 0 bridgehead atoms. The van der Waals surface area contributed by atoms with Crippen LogP contribution in [0.4, 0.5) is 4.79 Å². The number of imide groups is 1. The molecule has 1 heterocycles. The van der Waals surface area contributed by atoms with Crippen molar-refractivity contribution in [1.29, 1.82) is 0 Å². The summed E-state index contributed by atoms with van der Waals surface area (Å²) in [6.45, 7) is 4.35. The van der Waals surface area contributed by atoms with Gasteiger partial charge in [-0.3, -0.25) is 14.5 Å². The number of carbonyl (C=O) groups is 2. The number of hydrogen-bond acceptors (Lipinski definition) is 4. The maximum atomic E-state index is 12.7. The maximum absolute atomic E-state index is 12.7. The largest absolute Gasteiger partial charge is 0.491 e. The third kappa shape index (κ3) is 4.82. The molecule has 1 saturated heterocycles. The second-order valence-corrected chi connectivity index (χ2v) is 8.11. The highest BCUT2D eigenvalue weighted by atomic mass is 79.9. The van der Waals surface area contributed by atoms with Gasteiger partial charge in [-0.05, 0) is 60.5 Å². The number of rotatable bonds is 6. The molecule has 140 valence electrons. The van der Waals surface area contributed by atoms with Gasteiger partial charge in [0.25, 0.3) is 11.1 Å². The third-order valence-corrected chi connectivity index (χ3v) is 5.93. The van der Waals surface area contributed by atoms with E-state index >= 15 is 0 Å². The zero-order chi connectivity index (χ0) is 19.4. The summed E-state index contributed by atoms with van der Waals surface area (Å²) in [6.07, 6.45) is 2.84. The SMILES string of the molecule is CC[C@@H](C)Oc1ccc(/C=C2\SC(=O)N(Cc3ccccc3Br)C2=O)cc1. The molecule has 2 amide bonds. The van der Waals surface area contributed by atoms with Crippen molar-refractivity contribution in [3.05, 3.63) is 69.0 Å². The van der Waals surface area contributed by atoms with Crippen LogP contribution in [-0.4, -0.2) is 22.2 Å². The highest BCUT2D eigenvalue weighted by molar-refractivity contribution is 9.10. The molecule has 3 rings (SSSR count). The van der Waals surface area contributed by atoms with E-state index in [9.17, 15) is 9.59 Å². The molecule has 0 radical (unpaired) electrons. The molecule has 2 aromatic carbocycles. The first kappa shape index (κ1) is 19.7. The van der Waals surface area contributed by atoms with Crippen molar-refractivity contribution in [1.82, 2.24) is 4.90 Å². The molecule has 6 heteroatoms. The Hall–Kier alpha value is -2.05. The van der Waals surface area contributed by atoms with E-state index in [2.05, 4.69) is 22.9 Å². The molecule has 0 aromatic heterocycles. The lowest BCUT2D eigenvalue weighted by Gasteiger charge is -2.13. The fourth-order valence-electron chi connectivity index (χ4n) is 2.54. The van der Waals surface area contributed by atoms with Crippen LogP contribution in [-0.2, 0) is 11.3 Å². The number of benzene rings is 2. The summed E-state index contributed by atoms with van der Waals surface area (Å²) in [7, 11) is 0. The maximum Gasteiger partial charge on any atom is 0.293 e. The van der Waals surface area contributed by atoms with E-state index in [1.807, 2.05) is 55.5 Å². The summed E-state index contributed by atoms with van der Waals surface area (Å²) in [5.41, 5.74) is 1.76. The minimum Gasteiger partial charge on any atom is -0.491 e. The standard InChI is InChI=1S/C21H20BrNO3S/c1-3-14(2)26-17-10-8-15(9-11-17)12-19-20(24)23(21(25)27-19)13-16-6-4-5-7-18(16)22/h4-12,14H,3,13H2,1-2H3/b19-12-/t14-/m1/s1. The average Bonchev–Trinajstić information content (AvgIpc) is 2.92. The van der Waals surface area contributed by atoms with E-state index in [0.29, 0.717) is 4.91 Å². The number of halogens is 1. The second kappa shape index (κ2) is 8.76. The molecule has 0 N–H and O–H groups in total. The lowest BCUT2D eigenvalue weighted by Crippen LogP contribution is -2.27. The number of carbonyl (C=O) groups excluding carboxylic acids is 2. The number of amides is 2. The molecule has 2 aromatic rings. The smallest absolute Gasteiger partial charge is 0.293 e. The normalized spacial score (nSPS) is 16.9. The van der Waals surface area contributed by atoms with Crippen molar-refractivity contribution in [3.8, 4) is 5.75 Å². The van der Waals surface area contributed by atoms with Crippen LogP contribution in [0.1, 0.15) is 31.4 Å². The van der Waals surface area contributed by atoms with Crippen LogP contribution in [0.2, 0.25) is 0 Å². The van der Waals surface area contributed by atoms with Crippen LogP contribution < -0.4 is 4.74 Å². The molecule has 0 spiro atoms. The summed E-state index contributed by atoms with van der Waals surface area (Å²) in [6, 6.07) is 15.1. The van der Waals surface area contributed by atoms with Crippen LogP contribution in [0.25, 0.3) is 6.08 Å². The molecule has 0 unspecified atom stereocenters. The average molecular weight is 446 g/mol. The van der Waals surface area contributed by atoms with Crippen LogP contribution in [0.15, 0.2) is 57.9 Å². The first-order chi connectivity index (χ1) is 13.0. The molecule has 4 nitrogen and oxygen atoms in total. The zero-order valence-corrected chi connectivity index (χ0v) is 17.5. The summed E-state index contributed by atoms with van der Waals surface area (Å²) >= 11 is 4.43. The minimum absolute atomic E-state index is 0.157. The van der Waals surface area contributed by atoms with Gasteiger partial charge in [0.1, 0.15) is 5.75 Å². The van der Waals surface area contributed by atoms with Crippen molar-refractivity contribution in [2.45, 2.75) is 32.9 Å². The Labute approximate surface area is 171 Å². The van der Waals surface area contributed by atoms with Crippen LogP contribution >= 0.6 is 27.7 Å². The van der Waals surface area contributed by atoms with Crippen molar-refractivity contribution >= 4 is 44.9 Å².